The number of ether oxygens (including phenoxy) is 2. The fourth-order valence-electron chi connectivity index (χ4n) is 5.33. The molecule has 42 heavy (non-hydrogen) atoms. The molecule has 1 aliphatic carbocycles. The molecule has 0 bridgehead atoms. The summed E-state index contributed by atoms with van der Waals surface area (Å²) in [6, 6.07) is 21.2. The van der Waals surface area contributed by atoms with E-state index in [1.54, 1.807) is 4.57 Å². The minimum absolute atomic E-state index is 0.135. The number of rotatable bonds is 15. The van der Waals surface area contributed by atoms with Crippen LogP contribution >= 0.6 is 11.6 Å². The maximum absolute atomic E-state index is 11.6. The van der Waals surface area contributed by atoms with Crippen molar-refractivity contribution in [1.29, 1.82) is 0 Å². The molecule has 4 aromatic rings. The van der Waals surface area contributed by atoms with Gasteiger partial charge in [-0.3, -0.25) is 9.59 Å². The highest BCUT2D eigenvalue weighted by Gasteiger charge is 2.44. The van der Waals surface area contributed by atoms with Gasteiger partial charge < -0.3 is 24.3 Å². The van der Waals surface area contributed by atoms with Crippen molar-refractivity contribution >= 4 is 46.6 Å². The first-order valence-electron chi connectivity index (χ1n) is 14.1. The lowest BCUT2D eigenvalue weighted by molar-refractivity contribution is -0.139. The van der Waals surface area contributed by atoms with Crippen molar-refractivity contribution in [1.82, 2.24) is 4.57 Å². The Bertz CT molecular complexity index is 1590. The largest absolute Gasteiger partial charge is 0.494 e. The number of halogens is 1. The Morgan fingerprint density at radius 1 is 0.881 bits per heavy atom. The van der Waals surface area contributed by atoms with Gasteiger partial charge in [0.25, 0.3) is 0 Å². The molecule has 1 heterocycles. The second kappa shape index (κ2) is 13.2. The van der Waals surface area contributed by atoms with E-state index in [4.69, 9.17) is 21.1 Å². The fourth-order valence-corrected chi connectivity index (χ4v) is 5.52. The summed E-state index contributed by atoms with van der Waals surface area (Å²) in [4.78, 5) is 23.0. The van der Waals surface area contributed by atoms with Crippen LogP contribution in [0.25, 0.3) is 23.1 Å². The fraction of sp³-hybridized carbons (Fsp3) is 0.294. The number of para-hydroxylation sites is 2. The molecular formula is C34H34ClNO6. The van der Waals surface area contributed by atoms with Crippen LogP contribution < -0.4 is 9.47 Å². The van der Waals surface area contributed by atoms with Gasteiger partial charge in [0.2, 0.25) is 0 Å². The molecule has 0 amide bonds. The zero-order chi connectivity index (χ0) is 29.5. The van der Waals surface area contributed by atoms with Gasteiger partial charge in [-0.05, 0) is 78.5 Å². The molecular weight excluding hydrogens is 554 g/mol. The number of aliphatic carboxylic acids is 2. The van der Waals surface area contributed by atoms with Gasteiger partial charge >= 0.3 is 11.9 Å². The topological polar surface area (TPSA) is 98.0 Å². The van der Waals surface area contributed by atoms with Crippen LogP contribution in [-0.4, -0.2) is 39.9 Å². The summed E-state index contributed by atoms with van der Waals surface area (Å²) >= 11 is 6.11. The average molecular weight is 588 g/mol. The number of carbonyl (C=O) groups is 2. The highest BCUT2D eigenvalue weighted by atomic mass is 35.5. The van der Waals surface area contributed by atoms with Crippen molar-refractivity contribution in [3.05, 3.63) is 94.6 Å². The first kappa shape index (κ1) is 29.3. The second-order valence-electron chi connectivity index (χ2n) is 10.9. The van der Waals surface area contributed by atoms with E-state index >= 15 is 0 Å². The molecule has 218 valence electrons. The summed E-state index contributed by atoms with van der Waals surface area (Å²) in [5, 5.41) is 20.5. The zero-order valence-corrected chi connectivity index (χ0v) is 24.1. The molecule has 0 unspecified atom stereocenters. The Morgan fingerprint density at radius 2 is 1.62 bits per heavy atom. The van der Waals surface area contributed by atoms with Crippen LogP contribution in [0.1, 0.15) is 48.8 Å². The van der Waals surface area contributed by atoms with E-state index < -0.39 is 11.9 Å². The molecule has 2 N–H and O–H groups in total. The van der Waals surface area contributed by atoms with Gasteiger partial charge in [-0.15, -0.1) is 0 Å². The zero-order valence-electron chi connectivity index (χ0n) is 23.3. The van der Waals surface area contributed by atoms with Crippen LogP contribution in [0.2, 0.25) is 5.02 Å². The maximum atomic E-state index is 11.6. The molecule has 7 nitrogen and oxygen atoms in total. The van der Waals surface area contributed by atoms with E-state index in [-0.39, 0.29) is 18.4 Å². The summed E-state index contributed by atoms with van der Waals surface area (Å²) in [5.74, 6) is -0.233. The van der Waals surface area contributed by atoms with Gasteiger partial charge in [-0.2, -0.15) is 0 Å². The van der Waals surface area contributed by atoms with Crippen LogP contribution in [0.15, 0.2) is 72.9 Å². The Kier molecular flexibility index (Phi) is 9.18. The summed E-state index contributed by atoms with van der Waals surface area (Å²) in [6.45, 7) is 0.995. The lowest BCUT2D eigenvalue weighted by Crippen LogP contribution is -2.11. The van der Waals surface area contributed by atoms with Crippen molar-refractivity contribution in [3.63, 3.8) is 0 Å². The van der Waals surface area contributed by atoms with Crippen molar-refractivity contribution in [2.75, 3.05) is 13.2 Å². The molecule has 1 fully saturated rings. The lowest BCUT2D eigenvalue weighted by atomic mass is 9.92. The molecule has 0 radical (unpaired) electrons. The van der Waals surface area contributed by atoms with E-state index in [1.165, 1.54) is 0 Å². The SMILES string of the molecule is O=C(O)Cn1cc(CC2(CC(=O)O)CC2)c2cccc(C=Cc3ccc(OCCCCOc4ccccc4Cl)cc3)c21. The van der Waals surface area contributed by atoms with Crippen molar-refractivity contribution in [2.45, 2.75) is 45.1 Å². The highest BCUT2D eigenvalue weighted by molar-refractivity contribution is 6.32. The van der Waals surface area contributed by atoms with Crippen LogP contribution in [0.3, 0.4) is 0 Å². The molecule has 0 saturated heterocycles. The van der Waals surface area contributed by atoms with Crippen LogP contribution in [-0.2, 0) is 22.6 Å². The molecule has 0 aliphatic heterocycles. The molecule has 0 atom stereocenters. The number of benzene rings is 3. The Balaban J connectivity index is 1.21. The first-order valence-corrected chi connectivity index (χ1v) is 14.5. The van der Waals surface area contributed by atoms with Gasteiger partial charge in [-0.1, -0.05) is 66.2 Å². The molecule has 5 rings (SSSR count). The quantitative estimate of drug-likeness (QED) is 0.110. The molecule has 1 saturated carbocycles. The molecule has 1 aliphatic rings. The predicted octanol–water partition coefficient (Wildman–Crippen LogP) is 7.59. The summed E-state index contributed by atoms with van der Waals surface area (Å²) in [7, 11) is 0. The number of carboxylic acids is 2. The number of hydrogen-bond donors (Lipinski definition) is 2. The lowest BCUT2D eigenvalue weighted by Gasteiger charge is -2.11. The standard InChI is InChI=1S/C34H34ClNO6/c35-29-8-1-2-9-30(29)42-19-4-3-18-41-27-14-11-24(12-15-27)10-13-25-6-5-7-28-26(20-34(16-17-34)21-31(37)38)22-36(33(25)28)23-32(39)40/h1-2,5-15,22H,3-4,16-21,23H2,(H,37,38)(H,39,40). The summed E-state index contributed by atoms with van der Waals surface area (Å²) in [6.07, 6.45) is 10.1. The van der Waals surface area contributed by atoms with E-state index in [9.17, 15) is 19.8 Å². The normalized spacial score (nSPS) is 13.8. The van der Waals surface area contributed by atoms with E-state index in [0.29, 0.717) is 30.4 Å². The molecule has 1 aromatic heterocycles. The van der Waals surface area contributed by atoms with Crippen LogP contribution in [0, 0.1) is 5.41 Å². The Morgan fingerprint density at radius 3 is 2.31 bits per heavy atom. The van der Waals surface area contributed by atoms with Gasteiger partial charge in [0, 0.05) is 11.6 Å². The molecule has 8 heteroatoms. The number of aromatic nitrogens is 1. The van der Waals surface area contributed by atoms with Crippen LogP contribution in [0.4, 0.5) is 0 Å². The molecule has 3 aromatic carbocycles. The minimum Gasteiger partial charge on any atom is -0.494 e. The number of fused-ring (bicyclic) bond motifs is 1. The van der Waals surface area contributed by atoms with Gasteiger partial charge in [0.1, 0.15) is 18.0 Å². The Hall–Kier alpha value is -4.23. The number of hydrogen-bond acceptors (Lipinski definition) is 4. The van der Waals surface area contributed by atoms with E-state index in [1.807, 2.05) is 85.1 Å². The number of nitrogens with zero attached hydrogens (tertiary/aromatic N) is 1. The Labute approximate surface area is 250 Å². The predicted molar refractivity (Wildman–Crippen MR) is 164 cm³/mol. The van der Waals surface area contributed by atoms with Crippen molar-refractivity contribution < 1.29 is 29.3 Å². The van der Waals surface area contributed by atoms with Crippen molar-refractivity contribution in [3.8, 4) is 11.5 Å². The van der Waals surface area contributed by atoms with Crippen LogP contribution in [0.5, 0.6) is 11.5 Å². The summed E-state index contributed by atoms with van der Waals surface area (Å²) in [5.41, 5.74) is 3.51. The minimum atomic E-state index is -0.924. The third kappa shape index (κ3) is 7.53. The second-order valence-corrected chi connectivity index (χ2v) is 11.3. The maximum Gasteiger partial charge on any atom is 0.323 e. The highest BCUT2D eigenvalue weighted by Crippen LogP contribution is 2.52. The third-order valence-electron chi connectivity index (χ3n) is 7.60. The average Bonchev–Trinajstić information content (AvgIpc) is 3.62. The number of unbranched alkanes of at least 4 members (excludes halogenated alkanes) is 1. The number of carboxylic acid groups (broad SMARTS) is 2. The third-order valence-corrected chi connectivity index (χ3v) is 7.92. The van der Waals surface area contributed by atoms with Gasteiger partial charge in [0.15, 0.2) is 0 Å². The van der Waals surface area contributed by atoms with E-state index in [0.717, 1.165) is 59.0 Å². The first-order chi connectivity index (χ1) is 20.3. The van der Waals surface area contributed by atoms with E-state index in [2.05, 4.69) is 0 Å². The smallest absolute Gasteiger partial charge is 0.323 e. The molecule has 0 spiro atoms. The van der Waals surface area contributed by atoms with Gasteiger partial charge in [0.05, 0.1) is 30.2 Å². The van der Waals surface area contributed by atoms with Gasteiger partial charge in [-0.25, -0.2) is 0 Å². The summed E-state index contributed by atoms with van der Waals surface area (Å²) < 4.78 is 13.4. The van der Waals surface area contributed by atoms with Crippen molar-refractivity contribution in [2.24, 2.45) is 5.41 Å². The monoisotopic (exact) mass is 587 g/mol.